The van der Waals surface area contributed by atoms with Crippen LogP contribution < -0.4 is 16.0 Å². The summed E-state index contributed by atoms with van der Waals surface area (Å²) in [6, 6.07) is 6.25. The van der Waals surface area contributed by atoms with Crippen molar-refractivity contribution in [1.29, 1.82) is 0 Å². The van der Waals surface area contributed by atoms with Gasteiger partial charge in [0.1, 0.15) is 6.04 Å². The molecule has 1 aliphatic heterocycles. The van der Waals surface area contributed by atoms with Gasteiger partial charge in [-0.1, -0.05) is 26.0 Å². The van der Waals surface area contributed by atoms with Crippen LogP contribution in [0, 0.1) is 0 Å². The third-order valence-electron chi connectivity index (χ3n) is 5.12. The molecule has 0 spiro atoms. The quantitative estimate of drug-likeness (QED) is 0.573. The molecule has 0 saturated heterocycles. The predicted molar refractivity (Wildman–Crippen MR) is 110 cm³/mol. The standard InChI is InChI=1S/C21H32N4O3/c1-4-25(5-2)14-8-9-15(3)22-19(26)13-12-18-21(28)23-17-11-7-6-10-16(17)20(27)24-18/h6-7,10-11,15,18H,4-5,8-9,12-14H2,1-3H3,(H,22,26)(H,23,28)(H,24,27). The van der Waals surface area contributed by atoms with Crippen molar-refractivity contribution in [2.45, 2.75) is 58.5 Å². The largest absolute Gasteiger partial charge is 0.354 e. The summed E-state index contributed by atoms with van der Waals surface area (Å²) < 4.78 is 0. The zero-order chi connectivity index (χ0) is 20.5. The third kappa shape index (κ3) is 6.34. The molecule has 0 aromatic heterocycles. The fourth-order valence-corrected chi connectivity index (χ4v) is 3.37. The summed E-state index contributed by atoms with van der Waals surface area (Å²) in [5.74, 6) is -0.693. The normalized spacial score (nSPS) is 17.4. The zero-order valence-corrected chi connectivity index (χ0v) is 17.1. The molecule has 0 radical (unpaired) electrons. The van der Waals surface area contributed by atoms with Crippen molar-refractivity contribution >= 4 is 23.4 Å². The summed E-state index contributed by atoms with van der Waals surface area (Å²) >= 11 is 0. The van der Waals surface area contributed by atoms with Crippen LogP contribution in [-0.2, 0) is 9.59 Å². The summed E-state index contributed by atoms with van der Waals surface area (Å²) in [5.41, 5.74) is 0.934. The lowest BCUT2D eigenvalue weighted by molar-refractivity contribution is -0.122. The number of amides is 3. The van der Waals surface area contributed by atoms with Gasteiger partial charge in [0.05, 0.1) is 11.3 Å². The number of hydrogen-bond donors (Lipinski definition) is 3. The van der Waals surface area contributed by atoms with Crippen molar-refractivity contribution in [3.63, 3.8) is 0 Å². The highest BCUT2D eigenvalue weighted by Crippen LogP contribution is 2.19. The molecule has 0 fully saturated rings. The van der Waals surface area contributed by atoms with E-state index in [9.17, 15) is 14.4 Å². The number of carbonyl (C=O) groups is 3. The van der Waals surface area contributed by atoms with Crippen LogP contribution in [0.15, 0.2) is 24.3 Å². The topological polar surface area (TPSA) is 90.5 Å². The van der Waals surface area contributed by atoms with E-state index in [1.165, 1.54) is 0 Å². The summed E-state index contributed by atoms with van der Waals surface area (Å²) in [6.45, 7) is 9.40. The SMILES string of the molecule is CCN(CC)CCCC(C)NC(=O)CCC1NC(=O)c2ccccc2NC1=O. The third-order valence-corrected chi connectivity index (χ3v) is 5.12. The fourth-order valence-electron chi connectivity index (χ4n) is 3.37. The number of hydrogen-bond acceptors (Lipinski definition) is 4. The van der Waals surface area contributed by atoms with Gasteiger partial charge in [0.25, 0.3) is 5.91 Å². The molecule has 1 aliphatic rings. The Labute approximate surface area is 167 Å². The number of nitrogens with zero attached hydrogens (tertiary/aromatic N) is 1. The molecular weight excluding hydrogens is 356 g/mol. The van der Waals surface area contributed by atoms with Crippen LogP contribution >= 0.6 is 0 Å². The van der Waals surface area contributed by atoms with Gasteiger partial charge in [-0.05, 0) is 58.0 Å². The minimum Gasteiger partial charge on any atom is -0.354 e. The van der Waals surface area contributed by atoms with E-state index in [0.29, 0.717) is 11.3 Å². The van der Waals surface area contributed by atoms with Crippen LogP contribution in [0.25, 0.3) is 0 Å². The maximum atomic E-state index is 12.4. The van der Waals surface area contributed by atoms with E-state index in [0.717, 1.165) is 32.5 Å². The summed E-state index contributed by atoms with van der Waals surface area (Å²) in [5, 5.41) is 8.46. The monoisotopic (exact) mass is 388 g/mol. The molecular formula is C21H32N4O3. The molecule has 0 saturated carbocycles. The van der Waals surface area contributed by atoms with Gasteiger partial charge in [-0.2, -0.15) is 0 Å². The number of carbonyl (C=O) groups excluding carboxylic acids is 3. The van der Waals surface area contributed by atoms with Crippen LogP contribution in [0.3, 0.4) is 0 Å². The van der Waals surface area contributed by atoms with Gasteiger partial charge in [0.2, 0.25) is 11.8 Å². The number of fused-ring (bicyclic) bond motifs is 1. The number of nitrogens with one attached hydrogen (secondary N) is 3. The summed E-state index contributed by atoms with van der Waals surface area (Å²) in [6.07, 6.45) is 2.40. The van der Waals surface area contributed by atoms with Crippen molar-refractivity contribution in [1.82, 2.24) is 15.5 Å². The van der Waals surface area contributed by atoms with Gasteiger partial charge in [-0.3, -0.25) is 14.4 Å². The molecule has 0 bridgehead atoms. The second kappa shape index (κ2) is 10.8. The van der Waals surface area contributed by atoms with Crippen LogP contribution in [0.1, 0.15) is 56.8 Å². The van der Waals surface area contributed by atoms with Crippen molar-refractivity contribution in [2.24, 2.45) is 0 Å². The van der Waals surface area contributed by atoms with Crippen LogP contribution in [0.5, 0.6) is 0 Å². The van der Waals surface area contributed by atoms with Crippen molar-refractivity contribution in [2.75, 3.05) is 25.0 Å². The van der Waals surface area contributed by atoms with Gasteiger partial charge in [-0.25, -0.2) is 0 Å². The molecule has 1 aromatic carbocycles. The second-order valence-electron chi connectivity index (χ2n) is 7.24. The number of anilines is 1. The van der Waals surface area contributed by atoms with E-state index < -0.39 is 6.04 Å². The van der Waals surface area contributed by atoms with Crippen molar-refractivity contribution < 1.29 is 14.4 Å². The maximum Gasteiger partial charge on any atom is 0.254 e. The van der Waals surface area contributed by atoms with Gasteiger partial charge >= 0.3 is 0 Å². The lowest BCUT2D eigenvalue weighted by Gasteiger charge is -2.20. The Morgan fingerprint density at radius 1 is 1.21 bits per heavy atom. The van der Waals surface area contributed by atoms with Crippen molar-refractivity contribution in [3.8, 4) is 0 Å². The van der Waals surface area contributed by atoms with E-state index >= 15 is 0 Å². The molecule has 154 valence electrons. The van der Waals surface area contributed by atoms with E-state index in [-0.39, 0.29) is 36.6 Å². The number of rotatable bonds is 10. The molecule has 1 aromatic rings. The second-order valence-corrected chi connectivity index (χ2v) is 7.24. The number of benzene rings is 1. The Hall–Kier alpha value is -2.41. The van der Waals surface area contributed by atoms with Gasteiger partial charge in [0, 0.05) is 12.5 Å². The molecule has 2 unspecified atom stereocenters. The van der Waals surface area contributed by atoms with E-state index in [1.807, 2.05) is 6.92 Å². The van der Waals surface area contributed by atoms with Gasteiger partial charge in [-0.15, -0.1) is 0 Å². The first-order valence-corrected chi connectivity index (χ1v) is 10.2. The molecule has 2 atom stereocenters. The smallest absolute Gasteiger partial charge is 0.254 e. The van der Waals surface area contributed by atoms with Gasteiger partial charge in [0.15, 0.2) is 0 Å². The Morgan fingerprint density at radius 3 is 2.64 bits per heavy atom. The molecule has 28 heavy (non-hydrogen) atoms. The highest BCUT2D eigenvalue weighted by atomic mass is 16.2. The first-order valence-electron chi connectivity index (χ1n) is 10.2. The maximum absolute atomic E-state index is 12.4. The Kier molecular flexibility index (Phi) is 8.44. The minimum absolute atomic E-state index is 0.0878. The van der Waals surface area contributed by atoms with Crippen molar-refractivity contribution in [3.05, 3.63) is 29.8 Å². The Balaban J connectivity index is 1.76. The molecule has 1 heterocycles. The van der Waals surface area contributed by atoms with Gasteiger partial charge < -0.3 is 20.9 Å². The van der Waals surface area contributed by atoms with E-state index in [1.54, 1.807) is 24.3 Å². The molecule has 0 aliphatic carbocycles. The molecule has 3 amide bonds. The molecule has 3 N–H and O–H groups in total. The fraction of sp³-hybridized carbons (Fsp3) is 0.571. The first kappa shape index (κ1) is 21.9. The molecule has 7 nitrogen and oxygen atoms in total. The van der Waals surface area contributed by atoms with Crippen LogP contribution in [0.4, 0.5) is 5.69 Å². The first-order chi connectivity index (χ1) is 13.4. The Morgan fingerprint density at radius 2 is 1.93 bits per heavy atom. The average molecular weight is 389 g/mol. The van der Waals surface area contributed by atoms with Crippen LogP contribution in [0.2, 0.25) is 0 Å². The molecule has 7 heteroatoms. The van der Waals surface area contributed by atoms with Crippen LogP contribution in [-0.4, -0.2) is 54.3 Å². The zero-order valence-electron chi connectivity index (χ0n) is 17.1. The number of para-hydroxylation sites is 1. The molecule has 2 rings (SSSR count). The van der Waals surface area contributed by atoms with E-state index in [4.69, 9.17) is 0 Å². The summed E-state index contributed by atoms with van der Waals surface area (Å²) in [7, 11) is 0. The summed E-state index contributed by atoms with van der Waals surface area (Å²) in [4.78, 5) is 39.2. The highest BCUT2D eigenvalue weighted by Gasteiger charge is 2.27. The van der Waals surface area contributed by atoms with E-state index in [2.05, 4.69) is 34.7 Å². The lowest BCUT2D eigenvalue weighted by atomic mass is 10.1. The Bertz CT molecular complexity index is 688. The predicted octanol–water partition coefficient (Wildman–Crippen LogP) is 2.14. The average Bonchev–Trinajstić information content (AvgIpc) is 2.80. The minimum atomic E-state index is -0.719. The highest BCUT2D eigenvalue weighted by molar-refractivity contribution is 6.09. The lowest BCUT2D eigenvalue weighted by Crippen LogP contribution is -2.42.